The van der Waals surface area contributed by atoms with Crippen molar-refractivity contribution in [3.63, 3.8) is 0 Å². The maximum absolute atomic E-state index is 12.4. The standard InChI is InChI=1S/C21H30N2O7P2/c1-16(2)6-4-7-17(3)10-13-30-21(31(24,25)26,32(27,28)29)15-18-8-5-9-19(14-18)20-22-11-12-23-20/h5-6,8-12,14H,4,7,13,15H2,1-3H3,(H,22,23)(H2,24,25,26)(H2,27,28,29)/b17-10+. The van der Waals surface area contributed by atoms with Crippen LogP contribution in [0.1, 0.15) is 39.2 Å². The molecule has 0 aliphatic heterocycles. The van der Waals surface area contributed by atoms with Crippen molar-refractivity contribution >= 4 is 15.2 Å². The summed E-state index contributed by atoms with van der Waals surface area (Å²) < 4.78 is 30.1. The molecule has 0 aliphatic carbocycles. The Morgan fingerprint density at radius 2 is 1.81 bits per heavy atom. The number of ether oxygens (including phenoxy) is 1. The van der Waals surface area contributed by atoms with E-state index in [0.717, 1.165) is 12.0 Å². The molecule has 11 heteroatoms. The van der Waals surface area contributed by atoms with Gasteiger partial charge in [0.15, 0.2) is 0 Å². The van der Waals surface area contributed by atoms with Crippen LogP contribution in [0.4, 0.5) is 0 Å². The van der Waals surface area contributed by atoms with Gasteiger partial charge in [-0.2, -0.15) is 0 Å². The Labute approximate surface area is 187 Å². The van der Waals surface area contributed by atoms with Gasteiger partial charge in [-0.3, -0.25) is 9.13 Å². The molecule has 176 valence electrons. The summed E-state index contributed by atoms with van der Waals surface area (Å²) >= 11 is 0. The second-order valence-electron chi connectivity index (χ2n) is 7.83. The SMILES string of the molecule is CC(C)=CCC/C(C)=C/COC(Cc1cccc(-c2ncc[nH]2)c1)(P(=O)(O)O)P(=O)(O)O. The van der Waals surface area contributed by atoms with Crippen LogP contribution >= 0.6 is 15.2 Å². The highest BCUT2D eigenvalue weighted by Gasteiger charge is 2.61. The molecular weight excluding hydrogens is 454 g/mol. The molecule has 0 unspecified atom stereocenters. The minimum Gasteiger partial charge on any atom is -0.347 e. The molecule has 5 N–H and O–H groups in total. The first-order valence-corrected chi connectivity index (χ1v) is 13.2. The molecule has 1 heterocycles. The van der Waals surface area contributed by atoms with Crippen LogP contribution in [0.2, 0.25) is 0 Å². The van der Waals surface area contributed by atoms with Crippen molar-refractivity contribution in [1.82, 2.24) is 9.97 Å². The van der Waals surface area contributed by atoms with E-state index in [1.165, 1.54) is 11.6 Å². The van der Waals surface area contributed by atoms with Crippen molar-refractivity contribution in [1.29, 1.82) is 0 Å². The minimum atomic E-state index is -5.41. The topological polar surface area (TPSA) is 153 Å². The number of aromatic nitrogens is 2. The van der Waals surface area contributed by atoms with Gasteiger partial charge in [0, 0.05) is 24.4 Å². The second kappa shape index (κ2) is 10.9. The molecule has 32 heavy (non-hydrogen) atoms. The Bertz CT molecular complexity index is 1030. The maximum Gasteiger partial charge on any atom is 0.370 e. The fourth-order valence-electron chi connectivity index (χ4n) is 3.12. The Morgan fingerprint density at radius 1 is 1.12 bits per heavy atom. The molecule has 2 rings (SSSR count). The van der Waals surface area contributed by atoms with E-state index < -0.39 is 26.7 Å². The first kappa shape index (κ1) is 26.4. The molecule has 0 atom stereocenters. The zero-order chi connectivity index (χ0) is 24.0. The van der Waals surface area contributed by atoms with Crippen LogP contribution < -0.4 is 0 Å². The summed E-state index contributed by atoms with van der Waals surface area (Å²) in [4.78, 5) is 47.0. The molecular formula is C21H30N2O7P2. The molecule has 0 bridgehead atoms. The normalized spacial score (nSPS) is 13.3. The zero-order valence-corrected chi connectivity index (χ0v) is 20.1. The highest BCUT2D eigenvalue weighted by atomic mass is 31.2. The van der Waals surface area contributed by atoms with E-state index in [0.29, 0.717) is 17.8 Å². The van der Waals surface area contributed by atoms with Gasteiger partial charge in [-0.15, -0.1) is 0 Å². The molecule has 0 radical (unpaired) electrons. The summed E-state index contributed by atoms with van der Waals surface area (Å²) in [5.74, 6) is 0.514. The van der Waals surface area contributed by atoms with E-state index in [9.17, 15) is 28.7 Å². The van der Waals surface area contributed by atoms with E-state index >= 15 is 0 Å². The number of imidazole rings is 1. The molecule has 0 amide bonds. The van der Waals surface area contributed by atoms with Crippen molar-refractivity contribution in [2.75, 3.05) is 6.61 Å². The van der Waals surface area contributed by atoms with Gasteiger partial charge in [0.1, 0.15) is 5.82 Å². The van der Waals surface area contributed by atoms with Crippen LogP contribution in [0, 0.1) is 0 Å². The lowest BCUT2D eigenvalue weighted by Crippen LogP contribution is -2.35. The predicted octanol–water partition coefficient (Wildman–Crippen LogP) is 4.34. The number of nitrogens with one attached hydrogen (secondary N) is 1. The average molecular weight is 484 g/mol. The van der Waals surface area contributed by atoms with Gasteiger partial charge < -0.3 is 29.3 Å². The van der Waals surface area contributed by atoms with Gasteiger partial charge in [0.25, 0.3) is 5.08 Å². The van der Waals surface area contributed by atoms with Gasteiger partial charge in [-0.1, -0.05) is 41.5 Å². The van der Waals surface area contributed by atoms with Crippen molar-refractivity contribution in [3.05, 3.63) is 65.5 Å². The number of H-pyrrole nitrogens is 1. The highest BCUT2D eigenvalue weighted by Crippen LogP contribution is 2.70. The van der Waals surface area contributed by atoms with Crippen LogP contribution in [-0.4, -0.2) is 41.2 Å². The van der Waals surface area contributed by atoms with Crippen LogP contribution in [-0.2, 0) is 20.3 Å². The zero-order valence-electron chi connectivity index (χ0n) is 18.3. The molecule has 0 spiro atoms. The summed E-state index contributed by atoms with van der Waals surface area (Å²) in [6.07, 6.45) is 7.60. The molecule has 9 nitrogen and oxygen atoms in total. The number of allylic oxidation sites excluding steroid dienone is 3. The van der Waals surface area contributed by atoms with Crippen molar-refractivity contribution in [3.8, 4) is 11.4 Å². The lowest BCUT2D eigenvalue weighted by atomic mass is 10.1. The third-order valence-corrected chi connectivity index (χ3v) is 8.84. The molecule has 1 aromatic carbocycles. The third kappa shape index (κ3) is 6.83. The number of benzene rings is 1. The monoisotopic (exact) mass is 484 g/mol. The summed E-state index contributed by atoms with van der Waals surface area (Å²) in [5, 5.41) is -3.00. The van der Waals surface area contributed by atoms with Crippen LogP contribution in [0.3, 0.4) is 0 Å². The van der Waals surface area contributed by atoms with Crippen LogP contribution in [0.5, 0.6) is 0 Å². The largest absolute Gasteiger partial charge is 0.370 e. The van der Waals surface area contributed by atoms with Crippen LogP contribution in [0.15, 0.2) is 60.0 Å². The van der Waals surface area contributed by atoms with Gasteiger partial charge in [-0.25, -0.2) is 4.98 Å². The van der Waals surface area contributed by atoms with Crippen molar-refractivity contribution < 1.29 is 33.4 Å². The molecule has 0 fully saturated rings. The Hall–Kier alpha value is -1.83. The Kier molecular flexibility index (Phi) is 8.97. The summed E-state index contributed by atoms with van der Waals surface area (Å²) in [7, 11) is -10.8. The molecule has 1 aromatic heterocycles. The smallest absolute Gasteiger partial charge is 0.347 e. The highest BCUT2D eigenvalue weighted by molar-refractivity contribution is 7.72. The number of rotatable bonds is 11. The Balaban J connectivity index is 2.33. The van der Waals surface area contributed by atoms with Gasteiger partial charge >= 0.3 is 15.2 Å². The van der Waals surface area contributed by atoms with Crippen LogP contribution in [0.25, 0.3) is 11.4 Å². The quantitative estimate of drug-likeness (QED) is 0.233. The van der Waals surface area contributed by atoms with Crippen molar-refractivity contribution in [2.45, 2.75) is 45.1 Å². The fourth-order valence-corrected chi connectivity index (χ4v) is 5.74. The first-order chi connectivity index (χ1) is 14.9. The number of aromatic amines is 1. The van der Waals surface area contributed by atoms with E-state index in [1.54, 1.807) is 36.7 Å². The maximum atomic E-state index is 12.4. The van der Waals surface area contributed by atoms with Gasteiger partial charge in [0.2, 0.25) is 0 Å². The average Bonchev–Trinajstić information content (AvgIpc) is 3.20. The number of nitrogens with zero attached hydrogens (tertiary/aromatic N) is 1. The lowest BCUT2D eigenvalue weighted by molar-refractivity contribution is 0.0540. The molecule has 0 aliphatic rings. The third-order valence-electron chi connectivity index (χ3n) is 4.88. The first-order valence-electron chi connectivity index (χ1n) is 9.98. The van der Waals surface area contributed by atoms with E-state index in [4.69, 9.17) is 4.74 Å². The van der Waals surface area contributed by atoms with E-state index in [1.807, 2.05) is 20.8 Å². The summed E-state index contributed by atoms with van der Waals surface area (Å²) in [5.41, 5.74) is 2.95. The van der Waals surface area contributed by atoms with E-state index in [2.05, 4.69) is 16.0 Å². The summed E-state index contributed by atoms with van der Waals surface area (Å²) in [6.45, 7) is 5.44. The van der Waals surface area contributed by atoms with E-state index in [-0.39, 0.29) is 12.2 Å². The van der Waals surface area contributed by atoms with Gasteiger partial charge in [0.05, 0.1) is 6.61 Å². The predicted molar refractivity (Wildman–Crippen MR) is 123 cm³/mol. The lowest BCUT2D eigenvalue weighted by Gasteiger charge is -2.34. The minimum absolute atomic E-state index is 0.287. The molecule has 0 saturated heterocycles. The number of hydrogen-bond donors (Lipinski definition) is 5. The summed E-state index contributed by atoms with van der Waals surface area (Å²) in [6, 6.07) is 6.42. The fraction of sp³-hybridized carbons (Fsp3) is 0.381. The molecule has 0 saturated carbocycles. The second-order valence-corrected chi connectivity index (χ2v) is 11.8. The Morgan fingerprint density at radius 3 is 2.38 bits per heavy atom. The van der Waals surface area contributed by atoms with Crippen molar-refractivity contribution in [2.24, 2.45) is 0 Å². The molecule has 2 aromatic rings. The van der Waals surface area contributed by atoms with Gasteiger partial charge in [-0.05, 0) is 45.2 Å². The number of hydrogen-bond acceptors (Lipinski definition) is 4.